The van der Waals surface area contributed by atoms with Gasteiger partial charge in [0.2, 0.25) is 5.13 Å². The molecule has 0 atom stereocenters. The van der Waals surface area contributed by atoms with E-state index < -0.39 is 5.97 Å². The quantitative estimate of drug-likeness (QED) is 0.764. The van der Waals surface area contributed by atoms with Crippen molar-refractivity contribution in [3.05, 3.63) is 5.51 Å². The summed E-state index contributed by atoms with van der Waals surface area (Å²) in [6.45, 7) is 3.20. The van der Waals surface area contributed by atoms with Gasteiger partial charge in [-0.05, 0) is 6.92 Å². The van der Waals surface area contributed by atoms with E-state index in [1.165, 1.54) is 11.3 Å². The lowest BCUT2D eigenvalue weighted by molar-refractivity contribution is -0.136. The number of nitrogens with zero attached hydrogens (tertiary/aromatic N) is 3. The number of carboxylic acid groups (broad SMARTS) is 1. The molecular weight excluding hydrogens is 190 g/mol. The molecule has 0 saturated carbocycles. The molecule has 13 heavy (non-hydrogen) atoms. The Morgan fingerprint density at radius 1 is 1.77 bits per heavy atom. The molecule has 0 saturated heterocycles. The maximum Gasteiger partial charge on any atom is 0.305 e. The first-order valence-electron chi connectivity index (χ1n) is 3.97. The van der Waals surface area contributed by atoms with Crippen LogP contribution in [0, 0.1) is 0 Å². The third-order valence-electron chi connectivity index (χ3n) is 1.60. The second-order valence-electron chi connectivity index (χ2n) is 2.44. The third-order valence-corrected chi connectivity index (χ3v) is 2.35. The van der Waals surface area contributed by atoms with Crippen molar-refractivity contribution in [2.24, 2.45) is 0 Å². The number of carboxylic acids is 1. The van der Waals surface area contributed by atoms with Gasteiger partial charge in [0.15, 0.2) is 0 Å². The van der Waals surface area contributed by atoms with Gasteiger partial charge in [0.25, 0.3) is 0 Å². The molecule has 1 rings (SSSR count). The Balaban J connectivity index is 2.49. The van der Waals surface area contributed by atoms with E-state index in [4.69, 9.17) is 5.11 Å². The van der Waals surface area contributed by atoms with Crippen molar-refractivity contribution in [1.82, 2.24) is 10.2 Å². The third kappa shape index (κ3) is 2.98. The Bertz CT molecular complexity index is 263. The fraction of sp³-hybridized carbons (Fsp3) is 0.571. The Labute approximate surface area is 80.0 Å². The minimum Gasteiger partial charge on any atom is -0.481 e. The zero-order valence-corrected chi connectivity index (χ0v) is 8.12. The molecule has 72 valence electrons. The van der Waals surface area contributed by atoms with Gasteiger partial charge < -0.3 is 10.0 Å². The van der Waals surface area contributed by atoms with Crippen LogP contribution < -0.4 is 4.90 Å². The summed E-state index contributed by atoms with van der Waals surface area (Å²) in [5, 5.41) is 16.8. The molecule has 5 nitrogen and oxygen atoms in total. The summed E-state index contributed by atoms with van der Waals surface area (Å²) in [7, 11) is 0. The number of carbonyl (C=O) groups is 1. The topological polar surface area (TPSA) is 66.3 Å². The van der Waals surface area contributed by atoms with Gasteiger partial charge in [-0.1, -0.05) is 11.3 Å². The summed E-state index contributed by atoms with van der Waals surface area (Å²) in [6.07, 6.45) is 0.132. The zero-order valence-electron chi connectivity index (χ0n) is 7.30. The highest BCUT2D eigenvalue weighted by atomic mass is 32.1. The molecule has 1 N–H and O–H groups in total. The minimum atomic E-state index is -0.789. The standard InChI is InChI=1S/C7H11N3O2S/c1-2-10(4-3-6(11)12)7-9-8-5-13-7/h5H,2-4H2,1H3,(H,11,12). The molecule has 6 heteroatoms. The van der Waals surface area contributed by atoms with E-state index in [1.807, 2.05) is 11.8 Å². The van der Waals surface area contributed by atoms with Crippen molar-refractivity contribution < 1.29 is 9.90 Å². The number of rotatable bonds is 5. The van der Waals surface area contributed by atoms with Crippen LogP contribution in [0.5, 0.6) is 0 Å². The van der Waals surface area contributed by atoms with Gasteiger partial charge in [-0.25, -0.2) is 0 Å². The number of anilines is 1. The number of aromatic nitrogens is 2. The molecule has 0 spiro atoms. The van der Waals surface area contributed by atoms with E-state index in [0.717, 1.165) is 11.7 Å². The van der Waals surface area contributed by atoms with Crippen LogP contribution in [-0.2, 0) is 4.79 Å². The molecule has 1 aromatic heterocycles. The van der Waals surface area contributed by atoms with Crippen LogP contribution in [0.1, 0.15) is 13.3 Å². The smallest absolute Gasteiger partial charge is 0.305 e. The predicted octanol–water partition coefficient (Wildman–Crippen LogP) is 0.839. The fourth-order valence-electron chi connectivity index (χ4n) is 0.925. The molecule has 0 amide bonds. The van der Waals surface area contributed by atoms with Crippen LogP contribution in [0.2, 0.25) is 0 Å². The minimum absolute atomic E-state index is 0.132. The summed E-state index contributed by atoms with van der Waals surface area (Å²) < 4.78 is 0. The van der Waals surface area contributed by atoms with Crippen LogP contribution in [-0.4, -0.2) is 34.4 Å². The van der Waals surface area contributed by atoms with E-state index in [9.17, 15) is 4.79 Å². The van der Waals surface area contributed by atoms with E-state index >= 15 is 0 Å². The molecular formula is C7H11N3O2S. The normalized spacial score (nSPS) is 9.92. The van der Waals surface area contributed by atoms with E-state index in [0.29, 0.717) is 6.54 Å². The van der Waals surface area contributed by atoms with Crippen LogP contribution in [0.4, 0.5) is 5.13 Å². The number of aliphatic carboxylic acids is 1. The van der Waals surface area contributed by atoms with E-state index in [-0.39, 0.29) is 6.42 Å². The molecule has 0 unspecified atom stereocenters. The molecule has 0 fully saturated rings. The lowest BCUT2D eigenvalue weighted by Gasteiger charge is -2.17. The molecule has 0 aliphatic rings. The SMILES string of the molecule is CCN(CCC(=O)O)c1nncs1. The summed E-state index contributed by atoms with van der Waals surface area (Å²) in [6, 6.07) is 0. The molecule has 0 bridgehead atoms. The second kappa shape index (κ2) is 4.76. The van der Waals surface area contributed by atoms with Crippen molar-refractivity contribution in [2.45, 2.75) is 13.3 Å². The summed E-state index contributed by atoms with van der Waals surface area (Å²) in [4.78, 5) is 12.2. The molecule has 0 aliphatic carbocycles. The van der Waals surface area contributed by atoms with Crippen molar-refractivity contribution >= 4 is 22.4 Å². The van der Waals surface area contributed by atoms with Gasteiger partial charge in [0.05, 0.1) is 6.42 Å². The van der Waals surface area contributed by atoms with Crippen LogP contribution in [0.3, 0.4) is 0 Å². The Hall–Kier alpha value is -1.17. The maximum absolute atomic E-state index is 10.3. The monoisotopic (exact) mass is 201 g/mol. The lowest BCUT2D eigenvalue weighted by Crippen LogP contribution is -2.25. The molecule has 0 aromatic carbocycles. The van der Waals surface area contributed by atoms with Crippen LogP contribution in [0.25, 0.3) is 0 Å². The van der Waals surface area contributed by atoms with Gasteiger partial charge in [-0.2, -0.15) is 0 Å². The van der Waals surface area contributed by atoms with E-state index in [1.54, 1.807) is 5.51 Å². The predicted molar refractivity (Wildman–Crippen MR) is 50.0 cm³/mol. The largest absolute Gasteiger partial charge is 0.481 e. The lowest BCUT2D eigenvalue weighted by atomic mass is 10.4. The fourth-order valence-corrected chi connectivity index (χ4v) is 1.58. The first kappa shape index (κ1) is 9.91. The highest BCUT2D eigenvalue weighted by Gasteiger charge is 2.08. The Morgan fingerprint density at radius 3 is 3.00 bits per heavy atom. The van der Waals surface area contributed by atoms with Crippen LogP contribution in [0.15, 0.2) is 5.51 Å². The number of hydrogen-bond donors (Lipinski definition) is 1. The maximum atomic E-state index is 10.3. The number of hydrogen-bond acceptors (Lipinski definition) is 5. The van der Waals surface area contributed by atoms with Crippen molar-refractivity contribution in [2.75, 3.05) is 18.0 Å². The van der Waals surface area contributed by atoms with Crippen LogP contribution >= 0.6 is 11.3 Å². The van der Waals surface area contributed by atoms with Crippen molar-refractivity contribution in [3.63, 3.8) is 0 Å². The highest BCUT2D eigenvalue weighted by molar-refractivity contribution is 7.13. The highest BCUT2D eigenvalue weighted by Crippen LogP contribution is 2.15. The molecule has 0 radical (unpaired) electrons. The van der Waals surface area contributed by atoms with E-state index in [2.05, 4.69) is 10.2 Å². The van der Waals surface area contributed by atoms with Crippen molar-refractivity contribution in [1.29, 1.82) is 0 Å². The Kier molecular flexibility index (Phi) is 3.63. The zero-order chi connectivity index (χ0) is 9.68. The van der Waals surface area contributed by atoms with Gasteiger partial charge in [0, 0.05) is 13.1 Å². The van der Waals surface area contributed by atoms with Crippen molar-refractivity contribution in [3.8, 4) is 0 Å². The average Bonchev–Trinajstić information content (AvgIpc) is 2.58. The Morgan fingerprint density at radius 2 is 2.54 bits per heavy atom. The molecule has 0 aliphatic heterocycles. The molecule has 1 heterocycles. The average molecular weight is 201 g/mol. The van der Waals surface area contributed by atoms with Gasteiger partial charge in [-0.15, -0.1) is 10.2 Å². The summed E-state index contributed by atoms with van der Waals surface area (Å²) >= 11 is 1.42. The first-order chi connectivity index (χ1) is 6.24. The van der Waals surface area contributed by atoms with Gasteiger partial charge in [-0.3, -0.25) is 4.79 Å². The van der Waals surface area contributed by atoms with Gasteiger partial charge in [0.1, 0.15) is 5.51 Å². The first-order valence-corrected chi connectivity index (χ1v) is 4.85. The molecule has 1 aromatic rings. The summed E-state index contributed by atoms with van der Waals surface area (Å²) in [5.41, 5.74) is 1.64. The summed E-state index contributed by atoms with van der Waals surface area (Å²) in [5.74, 6) is -0.789. The van der Waals surface area contributed by atoms with Gasteiger partial charge >= 0.3 is 5.97 Å². The second-order valence-corrected chi connectivity index (χ2v) is 3.26.